The van der Waals surface area contributed by atoms with Crippen LogP contribution >= 0.6 is 0 Å². The molecule has 0 unspecified atom stereocenters. The van der Waals surface area contributed by atoms with Gasteiger partial charge in [0.2, 0.25) is 15.9 Å². The highest BCUT2D eigenvalue weighted by molar-refractivity contribution is 7.89. The number of carbonyl (C=O) groups excluding carboxylic acids is 1. The van der Waals surface area contributed by atoms with Gasteiger partial charge in [0, 0.05) is 38.8 Å². The fourth-order valence-corrected chi connectivity index (χ4v) is 4.43. The highest BCUT2D eigenvalue weighted by atomic mass is 32.2. The van der Waals surface area contributed by atoms with Crippen molar-refractivity contribution in [3.63, 3.8) is 0 Å². The first-order chi connectivity index (χ1) is 13.4. The number of hydrogen-bond donors (Lipinski definition) is 1. The van der Waals surface area contributed by atoms with Crippen molar-refractivity contribution < 1.29 is 22.7 Å². The van der Waals surface area contributed by atoms with Crippen LogP contribution in [0.3, 0.4) is 0 Å². The van der Waals surface area contributed by atoms with Gasteiger partial charge in [0.1, 0.15) is 0 Å². The van der Waals surface area contributed by atoms with Crippen molar-refractivity contribution in [3.05, 3.63) is 18.2 Å². The van der Waals surface area contributed by atoms with Gasteiger partial charge >= 0.3 is 0 Å². The zero-order chi connectivity index (χ0) is 20.6. The maximum atomic E-state index is 13.0. The van der Waals surface area contributed by atoms with E-state index in [0.29, 0.717) is 64.0 Å². The summed E-state index contributed by atoms with van der Waals surface area (Å²) in [5.41, 5.74) is 0. The Morgan fingerprint density at radius 2 is 1.68 bits per heavy atom. The second-order valence-electron chi connectivity index (χ2n) is 6.50. The predicted octanol–water partition coefficient (Wildman–Crippen LogP) is 1.32. The number of hydrogen-bond acceptors (Lipinski definition) is 6. The van der Waals surface area contributed by atoms with E-state index in [1.165, 1.54) is 10.4 Å². The standard InChI is InChI=1S/C19H31N3O5S/c1-4-9-20-19(23)15-21-10-12-22(13-11-21)28(24,25)16-7-8-17(26-5-2)18(14-16)27-6-3/h7-8,14H,4-6,9-13,15H2,1-3H3,(H,20,23). The first-order valence-electron chi connectivity index (χ1n) is 9.81. The van der Waals surface area contributed by atoms with Crippen molar-refractivity contribution in [3.8, 4) is 11.5 Å². The molecule has 2 rings (SSSR count). The Bertz CT molecular complexity index is 746. The predicted molar refractivity (Wildman–Crippen MR) is 107 cm³/mol. The summed E-state index contributed by atoms with van der Waals surface area (Å²) in [5, 5.41) is 2.84. The lowest BCUT2D eigenvalue weighted by atomic mass is 10.3. The van der Waals surface area contributed by atoms with Crippen molar-refractivity contribution in [2.75, 3.05) is 52.5 Å². The van der Waals surface area contributed by atoms with E-state index in [1.807, 2.05) is 25.7 Å². The van der Waals surface area contributed by atoms with E-state index in [-0.39, 0.29) is 10.8 Å². The summed E-state index contributed by atoms with van der Waals surface area (Å²) in [6, 6.07) is 4.71. The molecule has 0 radical (unpaired) electrons. The molecule has 158 valence electrons. The molecule has 1 amide bonds. The molecule has 0 saturated carbocycles. The van der Waals surface area contributed by atoms with Crippen LogP contribution in [0, 0.1) is 0 Å². The van der Waals surface area contributed by atoms with Gasteiger partial charge in [-0.2, -0.15) is 4.31 Å². The van der Waals surface area contributed by atoms with E-state index in [2.05, 4.69) is 5.32 Å². The molecule has 1 N–H and O–H groups in total. The molecule has 0 spiro atoms. The summed E-state index contributed by atoms with van der Waals surface area (Å²) >= 11 is 0. The van der Waals surface area contributed by atoms with Crippen molar-refractivity contribution in [2.45, 2.75) is 32.1 Å². The zero-order valence-electron chi connectivity index (χ0n) is 16.9. The van der Waals surface area contributed by atoms with Gasteiger partial charge in [-0.05, 0) is 32.4 Å². The van der Waals surface area contributed by atoms with Gasteiger partial charge in [0.15, 0.2) is 11.5 Å². The van der Waals surface area contributed by atoms with Crippen LogP contribution < -0.4 is 14.8 Å². The van der Waals surface area contributed by atoms with E-state index >= 15 is 0 Å². The smallest absolute Gasteiger partial charge is 0.243 e. The van der Waals surface area contributed by atoms with Crippen LogP contribution in [0.1, 0.15) is 27.2 Å². The third-order valence-electron chi connectivity index (χ3n) is 4.42. The molecule has 9 heteroatoms. The van der Waals surface area contributed by atoms with Crippen molar-refractivity contribution in [2.24, 2.45) is 0 Å². The van der Waals surface area contributed by atoms with Crippen LogP contribution in [0.15, 0.2) is 23.1 Å². The number of carbonyl (C=O) groups is 1. The van der Waals surface area contributed by atoms with Crippen LogP contribution in [0.4, 0.5) is 0 Å². The van der Waals surface area contributed by atoms with Gasteiger partial charge < -0.3 is 14.8 Å². The van der Waals surface area contributed by atoms with Gasteiger partial charge in [0.25, 0.3) is 0 Å². The number of nitrogens with zero attached hydrogens (tertiary/aromatic N) is 2. The number of amides is 1. The van der Waals surface area contributed by atoms with Gasteiger partial charge in [0.05, 0.1) is 24.7 Å². The van der Waals surface area contributed by atoms with E-state index < -0.39 is 10.0 Å². The average Bonchev–Trinajstić information content (AvgIpc) is 2.68. The number of benzene rings is 1. The molecular weight excluding hydrogens is 382 g/mol. The van der Waals surface area contributed by atoms with Crippen LogP contribution in [0.25, 0.3) is 0 Å². The summed E-state index contributed by atoms with van der Waals surface area (Å²) in [6.45, 7) is 9.29. The lowest BCUT2D eigenvalue weighted by molar-refractivity contribution is -0.122. The SMILES string of the molecule is CCCNC(=O)CN1CCN(S(=O)(=O)c2ccc(OCC)c(OCC)c2)CC1. The van der Waals surface area contributed by atoms with Crippen LogP contribution in [-0.2, 0) is 14.8 Å². The molecule has 1 aliphatic heterocycles. The Morgan fingerprint density at radius 1 is 1.04 bits per heavy atom. The second kappa shape index (κ2) is 10.6. The van der Waals surface area contributed by atoms with Gasteiger partial charge in [-0.25, -0.2) is 8.42 Å². The summed E-state index contributed by atoms with van der Waals surface area (Å²) in [5.74, 6) is 0.939. The normalized spacial score (nSPS) is 16.0. The maximum Gasteiger partial charge on any atom is 0.243 e. The Kier molecular flexibility index (Phi) is 8.53. The highest BCUT2D eigenvalue weighted by Gasteiger charge is 2.29. The van der Waals surface area contributed by atoms with E-state index in [4.69, 9.17) is 9.47 Å². The molecule has 1 aliphatic rings. The molecule has 0 atom stereocenters. The van der Waals surface area contributed by atoms with Crippen LogP contribution in [-0.4, -0.2) is 76.0 Å². The summed E-state index contributed by atoms with van der Waals surface area (Å²) in [4.78, 5) is 14.0. The number of nitrogens with one attached hydrogen (secondary N) is 1. The second-order valence-corrected chi connectivity index (χ2v) is 8.44. The molecule has 1 aromatic carbocycles. The Morgan fingerprint density at radius 3 is 2.29 bits per heavy atom. The fourth-order valence-electron chi connectivity index (χ4n) is 2.99. The molecule has 1 aromatic rings. The fraction of sp³-hybridized carbons (Fsp3) is 0.632. The molecule has 28 heavy (non-hydrogen) atoms. The minimum absolute atomic E-state index is 0.0222. The van der Waals surface area contributed by atoms with Crippen molar-refractivity contribution >= 4 is 15.9 Å². The highest BCUT2D eigenvalue weighted by Crippen LogP contribution is 2.31. The molecule has 8 nitrogen and oxygen atoms in total. The summed E-state index contributed by atoms with van der Waals surface area (Å²) in [6.07, 6.45) is 0.892. The average molecular weight is 414 g/mol. The number of ether oxygens (including phenoxy) is 2. The number of sulfonamides is 1. The Labute approximate surface area is 167 Å². The third kappa shape index (κ3) is 5.83. The lowest BCUT2D eigenvalue weighted by Crippen LogP contribution is -2.51. The van der Waals surface area contributed by atoms with Gasteiger partial charge in [-0.15, -0.1) is 0 Å². The monoisotopic (exact) mass is 413 g/mol. The van der Waals surface area contributed by atoms with E-state index in [0.717, 1.165) is 6.42 Å². The van der Waals surface area contributed by atoms with E-state index in [9.17, 15) is 13.2 Å². The minimum Gasteiger partial charge on any atom is -0.490 e. The van der Waals surface area contributed by atoms with Gasteiger partial charge in [-0.1, -0.05) is 6.92 Å². The topological polar surface area (TPSA) is 88.2 Å². The molecule has 1 heterocycles. The number of rotatable bonds is 10. The zero-order valence-corrected chi connectivity index (χ0v) is 17.8. The van der Waals surface area contributed by atoms with Gasteiger partial charge in [-0.3, -0.25) is 9.69 Å². The first kappa shape index (κ1) is 22.4. The van der Waals surface area contributed by atoms with Crippen LogP contribution in [0.5, 0.6) is 11.5 Å². The Balaban J connectivity index is 2.03. The molecular formula is C19H31N3O5S. The van der Waals surface area contributed by atoms with Crippen molar-refractivity contribution in [1.82, 2.24) is 14.5 Å². The molecule has 1 fully saturated rings. The first-order valence-corrected chi connectivity index (χ1v) is 11.2. The van der Waals surface area contributed by atoms with Crippen LogP contribution in [0.2, 0.25) is 0 Å². The molecule has 1 saturated heterocycles. The molecule has 0 aromatic heterocycles. The molecule has 0 aliphatic carbocycles. The summed E-state index contributed by atoms with van der Waals surface area (Å²) in [7, 11) is -3.63. The lowest BCUT2D eigenvalue weighted by Gasteiger charge is -2.33. The van der Waals surface area contributed by atoms with Crippen molar-refractivity contribution in [1.29, 1.82) is 0 Å². The Hall–Kier alpha value is -1.84. The number of piperazine rings is 1. The molecule has 0 bridgehead atoms. The minimum atomic E-state index is -3.63. The quantitative estimate of drug-likeness (QED) is 0.622. The summed E-state index contributed by atoms with van der Waals surface area (Å²) < 4.78 is 38.5. The van der Waals surface area contributed by atoms with E-state index in [1.54, 1.807) is 12.1 Å². The largest absolute Gasteiger partial charge is 0.490 e. The third-order valence-corrected chi connectivity index (χ3v) is 6.32. The maximum absolute atomic E-state index is 13.0.